The number of likely N-dealkylation sites (N-methyl/N-ethyl adjacent to an activating group) is 1. The van der Waals surface area contributed by atoms with Crippen LogP contribution >= 0.6 is 0 Å². The van der Waals surface area contributed by atoms with Gasteiger partial charge >= 0.3 is 6.09 Å². The third-order valence-electron chi connectivity index (χ3n) is 5.88. The van der Waals surface area contributed by atoms with Crippen LogP contribution in [-0.2, 0) is 16.0 Å². The predicted octanol–water partition coefficient (Wildman–Crippen LogP) is 4.11. The monoisotopic (exact) mass is 451 g/mol. The number of rotatable bonds is 7. The van der Waals surface area contributed by atoms with E-state index in [1.165, 1.54) is 11.0 Å². The summed E-state index contributed by atoms with van der Waals surface area (Å²) >= 11 is 0. The Balaban J connectivity index is 1.36. The van der Waals surface area contributed by atoms with Crippen LogP contribution in [-0.4, -0.2) is 55.2 Å². The molecule has 8 heteroatoms. The third-order valence-corrected chi connectivity index (χ3v) is 5.88. The molecule has 33 heavy (non-hydrogen) atoms. The summed E-state index contributed by atoms with van der Waals surface area (Å²) in [5.41, 5.74) is 2.81. The molecule has 0 radical (unpaired) electrons. The summed E-state index contributed by atoms with van der Waals surface area (Å²) in [6.07, 6.45) is 1.50. The van der Waals surface area contributed by atoms with Gasteiger partial charge in [0.25, 0.3) is 0 Å². The van der Waals surface area contributed by atoms with Gasteiger partial charge in [-0.2, -0.15) is 0 Å². The average Bonchev–Trinajstić information content (AvgIpc) is 3.18. The minimum absolute atomic E-state index is 0.0567. The van der Waals surface area contributed by atoms with Crippen molar-refractivity contribution in [2.45, 2.75) is 25.9 Å². The second-order valence-electron chi connectivity index (χ2n) is 8.18. The van der Waals surface area contributed by atoms with Gasteiger partial charge in [-0.3, -0.25) is 14.7 Å². The van der Waals surface area contributed by atoms with Crippen molar-refractivity contribution >= 4 is 28.6 Å². The number of amides is 2. The second kappa shape index (κ2) is 9.44. The zero-order chi connectivity index (χ0) is 23.5. The summed E-state index contributed by atoms with van der Waals surface area (Å²) < 4.78 is 24.6. The van der Waals surface area contributed by atoms with Gasteiger partial charge < -0.3 is 14.4 Å². The summed E-state index contributed by atoms with van der Waals surface area (Å²) in [6.45, 7) is 2.18. The zero-order valence-electron chi connectivity index (χ0n) is 18.9. The van der Waals surface area contributed by atoms with E-state index in [1.54, 1.807) is 44.3 Å². The quantitative estimate of drug-likeness (QED) is 0.541. The summed E-state index contributed by atoms with van der Waals surface area (Å²) in [5.74, 6) is 0.232. The molecule has 0 spiro atoms. The predicted molar refractivity (Wildman–Crippen MR) is 123 cm³/mol. The molecular formula is C25H26FN3O4. The van der Waals surface area contributed by atoms with Crippen molar-refractivity contribution in [3.63, 3.8) is 0 Å². The Morgan fingerprint density at radius 3 is 2.88 bits per heavy atom. The van der Waals surface area contributed by atoms with Gasteiger partial charge in [0.15, 0.2) is 0 Å². The average molecular weight is 451 g/mol. The van der Waals surface area contributed by atoms with Crippen molar-refractivity contribution in [2.75, 3.05) is 32.1 Å². The largest absolute Gasteiger partial charge is 0.495 e. The number of aryl methyl sites for hydroxylation is 2. The molecule has 0 N–H and O–H groups in total. The molecular weight excluding hydrogens is 425 g/mol. The van der Waals surface area contributed by atoms with Crippen LogP contribution in [0.15, 0.2) is 48.7 Å². The van der Waals surface area contributed by atoms with E-state index >= 15 is 0 Å². The van der Waals surface area contributed by atoms with Crippen LogP contribution in [0.5, 0.6) is 5.75 Å². The Hall–Kier alpha value is -3.68. The number of hydrogen-bond donors (Lipinski definition) is 0. The summed E-state index contributed by atoms with van der Waals surface area (Å²) in [7, 11) is 3.29. The smallest absolute Gasteiger partial charge is 0.414 e. The summed E-state index contributed by atoms with van der Waals surface area (Å²) in [6, 6.07) is 12.4. The standard InChI is InChI=1S/C25H26FN3O4/c1-16-7-9-18(11-22(16)26)29-15-20(33-25(29)31)14-28(2)24(30)10-8-17-5-4-6-23-21(17)12-19(32-3)13-27-23/h4-7,9,11-13,20H,8,10,14-15H2,1-3H3. The highest BCUT2D eigenvalue weighted by molar-refractivity contribution is 5.90. The van der Waals surface area contributed by atoms with Gasteiger partial charge in [0.2, 0.25) is 5.91 Å². The Bertz CT molecular complexity index is 1200. The molecule has 1 aromatic heterocycles. The minimum atomic E-state index is -0.540. The highest BCUT2D eigenvalue weighted by atomic mass is 19.1. The van der Waals surface area contributed by atoms with E-state index in [9.17, 15) is 14.0 Å². The van der Waals surface area contributed by atoms with E-state index < -0.39 is 12.2 Å². The van der Waals surface area contributed by atoms with Gasteiger partial charge in [0.1, 0.15) is 17.7 Å². The lowest BCUT2D eigenvalue weighted by atomic mass is 10.0. The third kappa shape index (κ3) is 4.89. The number of cyclic esters (lactones) is 1. The molecule has 2 aromatic carbocycles. The molecule has 0 aliphatic carbocycles. The van der Waals surface area contributed by atoms with Gasteiger partial charge in [-0.25, -0.2) is 9.18 Å². The maximum Gasteiger partial charge on any atom is 0.414 e. The number of methoxy groups -OCH3 is 1. The maximum absolute atomic E-state index is 13.9. The number of hydrogen-bond acceptors (Lipinski definition) is 5. The fourth-order valence-electron chi connectivity index (χ4n) is 3.94. The molecule has 0 bridgehead atoms. The Morgan fingerprint density at radius 2 is 2.12 bits per heavy atom. The van der Waals surface area contributed by atoms with Crippen LogP contribution in [0.3, 0.4) is 0 Å². The lowest BCUT2D eigenvalue weighted by molar-refractivity contribution is -0.130. The van der Waals surface area contributed by atoms with E-state index in [0.29, 0.717) is 29.8 Å². The van der Waals surface area contributed by atoms with Crippen molar-refractivity contribution in [1.29, 1.82) is 0 Å². The van der Waals surface area contributed by atoms with Crippen molar-refractivity contribution < 1.29 is 23.5 Å². The molecule has 1 fully saturated rings. The van der Waals surface area contributed by atoms with Gasteiger partial charge in [0, 0.05) is 18.9 Å². The second-order valence-corrected chi connectivity index (χ2v) is 8.18. The molecule has 4 rings (SSSR count). The SMILES string of the molecule is COc1cnc2cccc(CCC(=O)N(C)CC3CN(c4ccc(C)c(F)c4)C(=O)O3)c2c1. The number of carbonyl (C=O) groups is 2. The van der Waals surface area contributed by atoms with Crippen molar-refractivity contribution in [3.05, 3.63) is 65.6 Å². The molecule has 2 heterocycles. The lowest BCUT2D eigenvalue weighted by Gasteiger charge is -2.20. The number of carbonyl (C=O) groups excluding carboxylic acids is 2. The van der Waals surface area contributed by atoms with Crippen LogP contribution in [0.25, 0.3) is 10.9 Å². The van der Waals surface area contributed by atoms with Gasteiger partial charge in [0.05, 0.1) is 37.6 Å². The topological polar surface area (TPSA) is 72.0 Å². The number of halogens is 1. The number of benzene rings is 2. The number of pyridine rings is 1. The fraction of sp³-hybridized carbons (Fsp3) is 0.320. The fourth-order valence-corrected chi connectivity index (χ4v) is 3.94. The molecule has 172 valence electrons. The highest BCUT2D eigenvalue weighted by Gasteiger charge is 2.34. The highest BCUT2D eigenvalue weighted by Crippen LogP contribution is 2.25. The molecule has 0 saturated carbocycles. The van der Waals surface area contributed by atoms with E-state index in [1.807, 2.05) is 24.3 Å². The first kappa shape index (κ1) is 22.5. The summed E-state index contributed by atoms with van der Waals surface area (Å²) in [5, 5.41) is 0.956. The molecule has 2 amide bonds. The van der Waals surface area contributed by atoms with Gasteiger partial charge in [-0.05, 0) is 48.7 Å². The van der Waals surface area contributed by atoms with Crippen LogP contribution in [0, 0.1) is 12.7 Å². The van der Waals surface area contributed by atoms with Crippen LogP contribution < -0.4 is 9.64 Å². The maximum atomic E-state index is 13.9. The molecule has 1 aliphatic heterocycles. The number of fused-ring (bicyclic) bond motifs is 1. The normalized spacial score (nSPS) is 15.6. The summed E-state index contributed by atoms with van der Waals surface area (Å²) in [4.78, 5) is 32.4. The molecule has 1 unspecified atom stereocenters. The molecule has 7 nitrogen and oxygen atoms in total. The van der Waals surface area contributed by atoms with Crippen LogP contribution in [0.2, 0.25) is 0 Å². The Morgan fingerprint density at radius 1 is 1.30 bits per heavy atom. The lowest BCUT2D eigenvalue weighted by Crippen LogP contribution is -2.36. The van der Waals surface area contributed by atoms with E-state index in [2.05, 4.69) is 4.98 Å². The molecule has 1 saturated heterocycles. The van der Waals surface area contributed by atoms with Gasteiger partial charge in [-0.1, -0.05) is 18.2 Å². The first-order chi connectivity index (χ1) is 15.9. The minimum Gasteiger partial charge on any atom is -0.495 e. The van der Waals surface area contributed by atoms with E-state index in [0.717, 1.165) is 16.5 Å². The van der Waals surface area contributed by atoms with Crippen molar-refractivity contribution in [2.24, 2.45) is 0 Å². The number of nitrogens with zero attached hydrogens (tertiary/aromatic N) is 3. The van der Waals surface area contributed by atoms with Crippen molar-refractivity contribution in [3.8, 4) is 5.75 Å². The number of aromatic nitrogens is 1. The van der Waals surface area contributed by atoms with Crippen LogP contribution in [0.4, 0.5) is 14.9 Å². The zero-order valence-corrected chi connectivity index (χ0v) is 18.9. The first-order valence-corrected chi connectivity index (χ1v) is 10.8. The molecule has 1 aliphatic rings. The van der Waals surface area contributed by atoms with Gasteiger partial charge in [-0.15, -0.1) is 0 Å². The van der Waals surface area contributed by atoms with Crippen LogP contribution in [0.1, 0.15) is 17.5 Å². The van der Waals surface area contributed by atoms with Crippen molar-refractivity contribution in [1.82, 2.24) is 9.88 Å². The molecule has 1 atom stereocenters. The Kier molecular flexibility index (Phi) is 6.44. The molecule has 3 aromatic rings. The Labute approximate surface area is 191 Å². The first-order valence-electron chi connectivity index (χ1n) is 10.8. The number of ether oxygens (including phenoxy) is 2. The van der Waals surface area contributed by atoms with E-state index in [4.69, 9.17) is 9.47 Å². The van der Waals surface area contributed by atoms with E-state index in [-0.39, 0.29) is 24.8 Å². The number of anilines is 1.